The maximum atomic E-state index is 12.6. The summed E-state index contributed by atoms with van der Waals surface area (Å²) in [6, 6.07) is 9.70. The van der Waals surface area contributed by atoms with Crippen LogP contribution < -0.4 is 10.6 Å². The molecule has 158 valence electrons. The zero-order valence-electron chi connectivity index (χ0n) is 17.4. The Morgan fingerprint density at radius 3 is 2.68 bits per heavy atom. The summed E-state index contributed by atoms with van der Waals surface area (Å²) < 4.78 is 0. The van der Waals surface area contributed by atoms with Crippen molar-refractivity contribution in [2.45, 2.75) is 26.2 Å². The highest BCUT2D eigenvalue weighted by Crippen LogP contribution is 2.24. The minimum atomic E-state index is -0.0928. The van der Waals surface area contributed by atoms with Gasteiger partial charge in [-0.05, 0) is 59.4 Å². The number of amides is 3. The van der Waals surface area contributed by atoms with Gasteiger partial charge in [0.1, 0.15) is 5.82 Å². The summed E-state index contributed by atoms with van der Waals surface area (Å²) in [7, 11) is 0. The van der Waals surface area contributed by atoms with Crippen LogP contribution in [0.15, 0.2) is 48.7 Å². The molecule has 31 heavy (non-hydrogen) atoms. The van der Waals surface area contributed by atoms with Crippen LogP contribution in [0.2, 0.25) is 0 Å². The first-order valence-corrected chi connectivity index (χ1v) is 10.3. The van der Waals surface area contributed by atoms with Crippen LogP contribution in [-0.4, -0.2) is 40.7 Å². The molecule has 1 aromatic carbocycles. The quantitative estimate of drug-likeness (QED) is 0.749. The van der Waals surface area contributed by atoms with Crippen LogP contribution in [0.3, 0.4) is 0 Å². The van der Waals surface area contributed by atoms with Gasteiger partial charge in [0.25, 0.3) is 0 Å². The van der Waals surface area contributed by atoms with Gasteiger partial charge in [0, 0.05) is 44.4 Å². The van der Waals surface area contributed by atoms with Crippen LogP contribution in [0, 0.1) is 0 Å². The van der Waals surface area contributed by atoms with Gasteiger partial charge in [-0.1, -0.05) is 18.2 Å². The van der Waals surface area contributed by atoms with E-state index in [4.69, 9.17) is 0 Å². The van der Waals surface area contributed by atoms with E-state index in [0.29, 0.717) is 31.7 Å². The summed E-state index contributed by atoms with van der Waals surface area (Å²) in [5, 5.41) is 5.52. The van der Waals surface area contributed by atoms with Crippen LogP contribution in [-0.2, 0) is 20.8 Å². The largest absolute Gasteiger partial charge is 0.335 e. The molecule has 0 saturated carbocycles. The van der Waals surface area contributed by atoms with Gasteiger partial charge in [-0.15, -0.1) is 0 Å². The number of anilines is 2. The number of aromatic nitrogens is 1. The summed E-state index contributed by atoms with van der Waals surface area (Å²) >= 11 is 0. The maximum absolute atomic E-state index is 12.6. The lowest BCUT2D eigenvalue weighted by atomic mass is 9.99. The zero-order chi connectivity index (χ0) is 21.8. The molecule has 0 spiro atoms. The van der Waals surface area contributed by atoms with Crippen LogP contribution in [0.4, 0.5) is 11.5 Å². The van der Waals surface area contributed by atoms with Crippen molar-refractivity contribution in [1.29, 1.82) is 0 Å². The van der Waals surface area contributed by atoms with Crippen molar-refractivity contribution in [3.05, 3.63) is 65.4 Å². The maximum Gasteiger partial charge on any atom is 0.246 e. The first kappa shape index (κ1) is 20.5. The standard InChI is InChI=1S/C24H24N4O3/c1-16(29)26-21-6-3-18(4-7-21)19-10-12-28(13-11-19)23(31)9-2-17-14-20-5-8-22(30)27-24(20)25-15-17/h2-4,6-7,9-10,14-15H,5,8,11-13H2,1H3,(H,26,29)(H,25,27,30). The number of fused-ring (bicyclic) bond motifs is 1. The topological polar surface area (TPSA) is 91.4 Å². The minimum absolute atomic E-state index is 0.0142. The molecule has 0 radical (unpaired) electrons. The summed E-state index contributed by atoms with van der Waals surface area (Å²) in [4.78, 5) is 41.2. The van der Waals surface area contributed by atoms with Crippen molar-refractivity contribution < 1.29 is 14.4 Å². The number of hydrogen-bond acceptors (Lipinski definition) is 4. The second-order valence-corrected chi connectivity index (χ2v) is 7.68. The molecule has 2 N–H and O–H groups in total. The van der Waals surface area contributed by atoms with Crippen LogP contribution in [0.1, 0.15) is 36.5 Å². The third-order valence-corrected chi connectivity index (χ3v) is 5.38. The Balaban J connectivity index is 1.36. The van der Waals surface area contributed by atoms with Crippen molar-refractivity contribution >= 4 is 40.9 Å². The van der Waals surface area contributed by atoms with Gasteiger partial charge in [0.05, 0.1) is 0 Å². The van der Waals surface area contributed by atoms with Gasteiger partial charge in [-0.2, -0.15) is 0 Å². The Morgan fingerprint density at radius 1 is 1.16 bits per heavy atom. The monoisotopic (exact) mass is 416 g/mol. The Hall–Kier alpha value is -3.74. The fraction of sp³-hybridized carbons (Fsp3) is 0.250. The van der Waals surface area contributed by atoms with Gasteiger partial charge in [0.15, 0.2) is 0 Å². The third-order valence-electron chi connectivity index (χ3n) is 5.38. The molecule has 4 rings (SSSR count). The molecule has 2 aliphatic rings. The summed E-state index contributed by atoms with van der Waals surface area (Å²) in [5.74, 6) is 0.463. The smallest absolute Gasteiger partial charge is 0.246 e. The third kappa shape index (κ3) is 5.06. The number of carbonyl (C=O) groups is 3. The average Bonchev–Trinajstić information content (AvgIpc) is 2.77. The van der Waals surface area contributed by atoms with E-state index in [1.54, 1.807) is 23.2 Å². The average molecular weight is 416 g/mol. The summed E-state index contributed by atoms with van der Waals surface area (Å²) in [5.41, 5.74) is 4.90. The molecule has 0 atom stereocenters. The number of hydrogen-bond donors (Lipinski definition) is 2. The van der Waals surface area contributed by atoms with E-state index >= 15 is 0 Å². The van der Waals surface area contributed by atoms with Crippen LogP contribution in [0.25, 0.3) is 11.6 Å². The minimum Gasteiger partial charge on any atom is -0.335 e. The molecule has 7 nitrogen and oxygen atoms in total. The molecule has 3 amide bonds. The molecule has 0 fully saturated rings. The number of aryl methyl sites for hydroxylation is 1. The first-order chi connectivity index (χ1) is 15.0. The molecule has 0 bridgehead atoms. The van der Waals surface area contributed by atoms with Gasteiger partial charge < -0.3 is 15.5 Å². The van der Waals surface area contributed by atoms with Crippen molar-refractivity contribution in [1.82, 2.24) is 9.88 Å². The number of carbonyl (C=O) groups excluding carboxylic acids is 3. The van der Waals surface area contributed by atoms with Crippen molar-refractivity contribution in [3.63, 3.8) is 0 Å². The van der Waals surface area contributed by atoms with Crippen molar-refractivity contribution in [3.8, 4) is 0 Å². The molecule has 3 heterocycles. The summed E-state index contributed by atoms with van der Waals surface area (Å²) in [6.07, 6.45) is 8.98. The van der Waals surface area contributed by atoms with E-state index in [0.717, 1.165) is 28.8 Å². The Bertz CT molecular complexity index is 1090. The highest BCUT2D eigenvalue weighted by molar-refractivity contribution is 5.94. The van der Waals surface area contributed by atoms with Gasteiger partial charge in [-0.3, -0.25) is 14.4 Å². The number of benzene rings is 1. The van der Waals surface area contributed by atoms with Gasteiger partial charge in [-0.25, -0.2) is 4.98 Å². The lowest BCUT2D eigenvalue weighted by Crippen LogP contribution is -2.33. The molecule has 0 unspecified atom stereocenters. The zero-order valence-corrected chi connectivity index (χ0v) is 17.4. The Labute approximate surface area is 180 Å². The van der Waals surface area contributed by atoms with E-state index in [1.165, 1.54) is 12.5 Å². The van der Waals surface area contributed by atoms with Gasteiger partial charge >= 0.3 is 0 Å². The van der Waals surface area contributed by atoms with E-state index in [-0.39, 0.29) is 17.7 Å². The number of rotatable bonds is 4. The fourth-order valence-electron chi connectivity index (χ4n) is 3.74. The van der Waals surface area contributed by atoms with E-state index < -0.39 is 0 Å². The first-order valence-electron chi connectivity index (χ1n) is 10.3. The fourth-order valence-corrected chi connectivity index (χ4v) is 3.74. The van der Waals surface area contributed by atoms with Crippen LogP contribution >= 0.6 is 0 Å². The SMILES string of the molecule is CC(=O)Nc1ccc(C2=CCN(C(=O)C=Cc3cnc4c(c3)CCC(=O)N4)CC2)cc1. The predicted molar refractivity (Wildman–Crippen MR) is 120 cm³/mol. The molecule has 7 heteroatoms. The number of nitrogens with one attached hydrogen (secondary N) is 2. The highest BCUT2D eigenvalue weighted by atomic mass is 16.2. The second-order valence-electron chi connectivity index (χ2n) is 7.68. The van der Waals surface area contributed by atoms with E-state index in [9.17, 15) is 14.4 Å². The Morgan fingerprint density at radius 2 is 1.97 bits per heavy atom. The molecule has 2 aromatic rings. The lowest BCUT2D eigenvalue weighted by molar-refractivity contribution is -0.125. The second kappa shape index (κ2) is 8.95. The van der Waals surface area contributed by atoms with E-state index in [1.807, 2.05) is 30.3 Å². The van der Waals surface area contributed by atoms with Gasteiger partial charge in [0.2, 0.25) is 17.7 Å². The normalized spacial score (nSPS) is 15.8. The number of pyridine rings is 1. The van der Waals surface area contributed by atoms with Crippen molar-refractivity contribution in [2.24, 2.45) is 0 Å². The molecule has 0 aliphatic carbocycles. The number of nitrogens with zero attached hydrogens (tertiary/aromatic N) is 2. The lowest BCUT2D eigenvalue weighted by Gasteiger charge is -2.25. The summed E-state index contributed by atoms with van der Waals surface area (Å²) in [6.45, 7) is 2.69. The molecule has 2 aliphatic heterocycles. The molecule has 0 saturated heterocycles. The predicted octanol–water partition coefficient (Wildman–Crippen LogP) is 3.25. The molecule has 1 aromatic heterocycles. The molecular formula is C24H24N4O3. The van der Waals surface area contributed by atoms with E-state index in [2.05, 4.69) is 21.7 Å². The molecular weight excluding hydrogens is 392 g/mol. The van der Waals surface area contributed by atoms with Crippen LogP contribution in [0.5, 0.6) is 0 Å². The highest BCUT2D eigenvalue weighted by Gasteiger charge is 2.17. The Kier molecular flexibility index (Phi) is 5.93. The van der Waals surface area contributed by atoms with Crippen molar-refractivity contribution in [2.75, 3.05) is 23.7 Å².